The molecule has 0 radical (unpaired) electrons. The Balaban J connectivity index is 1.76. The highest BCUT2D eigenvalue weighted by molar-refractivity contribution is 5.92. The van der Waals surface area contributed by atoms with E-state index in [0.717, 1.165) is 16.8 Å². The van der Waals surface area contributed by atoms with Gasteiger partial charge in [0.1, 0.15) is 0 Å². The summed E-state index contributed by atoms with van der Waals surface area (Å²) >= 11 is 0. The van der Waals surface area contributed by atoms with E-state index in [9.17, 15) is 4.79 Å². The molecule has 0 aliphatic carbocycles. The van der Waals surface area contributed by atoms with E-state index in [2.05, 4.69) is 10.2 Å². The fourth-order valence-electron chi connectivity index (χ4n) is 2.50. The summed E-state index contributed by atoms with van der Waals surface area (Å²) in [5.41, 5.74) is 3.22. The van der Waals surface area contributed by atoms with Crippen molar-refractivity contribution in [2.24, 2.45) is 0 Å². The van der Waals surface area contributed by atoms with Gasteiger partial charge in [-0.2, -0.15) is 0 Å². The first-order valence-corrected chi connectivity index (χ1v) is 8.00. The van der Waals surface area contributed by atoms with Gasteiger partial charge in [-0.3, -0.25) is 4.79 Å². The Hall–Kier alpha value is -3.01. The molecule has 0 atom stereocenters. The highest BCUT2D eigenvalue weighted by atomic mass is 16.2. The van der Waals surface area contributed by atoms with Crippen LogP contribution in [0.3, 0.4) is 0 Å². The van der Waals surface area contributed by atoms with Crippen molar-refractivity contribution >= 4 is 5.91 Å². The Bertz CT molecular complexity index is 786. The van der Waals surface area contributed by atoms with Gasteiger partial charge in [-0.15, -0.1) is 10.2 Å². The average Bonchev–Trinajstić information content (AvgIpc) is 2.67. The lowest BCUT2D eigenvalue weighted by molar-refractivity contribution is 0.0745. The van der Waals surface area contributed by atoms with Crippen LogP contribution in [0.2, 0.25) is 0 Å². The zero-order chi connectivity index (χ0) is 16.8. The number of nitrogens with zero attached hydrogens (tertiary/aromatic N) is 3. The van der Waals surface area contributed by atoms with Crippen molar-refractivity contribution in [2.45, 2.75) is 13.5 Å². The van der Waals surface area contributed by atoms with Gasteiger partial charge in [0.25, 0.3) is 5.91 Å². The number of hydrogen-bond acceptors (Lipinski definition) is 3. The minimum Gasteiger partial charge on any atom is -0.333 e. The van der Waals surface area contributed by atoms with Crippen LogP contribution in [0.1, 0.15) is 23.0 Å². The van der Waals surface area contributed by atoms with Crippen molar-refractivity contribution in [3.05, 3.63) is 84.1 Å². The van der Waals surface area contributed by atoms with Gasteiger partial charge in [0.05, 0.1) is 5.69 Å². The molecule has 2 aromatic carbocycles. The molecule has 0 N–H and O–H groups in total. The maximum Gasteiger partial charge on any atom is 0.274 e. The quantitative estimate of drug-likeness (QED) is 0.719. The zero-order valence-electron chi connectivity index (χ0n) is 13.6. The molecular weight excluding hydrogens is 298 g/mol. The third-order valence-corrected chi connectivity index (χ3v) is 3.84. The molecule has 3 rings (SSSR count). The minimum absolute atomic E-state index is 0.103. The van der Waals surface area contributed by atoms with Gasteiger partial charge in [0.15, 0.2) is 5.69 Å². The van der Waals surface area contributed by atoms with E-state index < -0.39 is 0 Å². The summed E-state index contributed by atoms with van der Waals surface area (Å²) < 4.78 is 0. The Kier molecular flexibility index (Phi) is 4.96. The molecule has 0 unspecified atom stereocenters. The van der Waals surface area contributed by atoms with Crippen molar-refractivity contribution in [1.82, 2.24) is 15.1 Å². The third kappa shape index (κ3) is 3.66. The molecule has 0 fully saturated rings. The van der Waals surface area contributed by atoms with Crippen molar-refractivity contribution in [3.63, 3.8) is 0 Å². The summed E-state index contributed by atoms with van der Waals surface area (Å²) in [5.74, 6) is -0.103. The molecule has 0 aliphatic rings. The minimum atomic E-state index is -0.103. The number of rotatable bonds is 5. The zero-order valence-corrected chi connectivity index (χ0v) is 13.6. The molecule has 4 nitrogen and oxygen atoms in total. The molecule has 120 valence electrons. The van der Waals surface area contributed by atoms with Gasteiger partial charge >= 0.3 is 0 Å². The number of carbonyl (C=O) groups is 1. The van der Waals surface area contributed by atoms with Crippen LogP contribution in [0.25, 0.3) is 11.3 Å². The molecule has 3 aromatic rings. The van der Waals surface area contributed by atoms with Crippen molar-refractivity contribution in [3.8, 4) is 11.3 Å². The predicted molar refractivity (Wildman–Crippen MR) is 94.3 cm³/mol. The number of aromatic nitrogens is 2. The van der Waals surface area contributed by atoms with Crippen molar-refractivity contribution in [1.29, 1.82) is 0 Å². The molecule has 1 heterocycles. The standard InChI is InChI=1S/C20H19N3O/c1-2-23(15-16-9-5-3-6-10-16)20(24)19-14-13-18(21-22-19)17-11-7-4-8-12-17/h3-14H,2,15H2,1H3. The van der Waals surface area contributed by atoms with Crippen LogP contribution in [0.15, 0.2) is 72.8 Å². The highest BCUT2D eigenvalue weighted by Crippen LogP contribution is 2.16. The highest BCUT2D eigenvalue weighted by Gasteiger charge is 2.16. The Labute approximate surface area is 141 Å². The lowest BCUT2D eigenvalue weighted by Crippen LogP contribution is -2.31. The van der Waals surface area contributed by atoms with Crippen LogP contribution in [0, 0.1) is 0 Å². The van der Waals surface area contributed by atoms with E-state index in [1.54, 1.807) is 11.0 Å². The normalized spacial score (nSPS) is 10.4. The van der Waals surface area contributed by atoms with E-state index in [0.29, 0.717) is 18.8 Å². The predicted octanol–water partition coefficient (Wildman–Crippen LogP) is 3.81. The SMILES string of the molecule is CCN(Cc1ccccc1)C(=O)c1ccc(-c2ccccc2)nn1. The maximum absolute atomic E-state index is 12.7. The topological polar surface area (TPSA) is 46.1 Å². The van der Waals surface area contributed by atoms with Gasteiger partial charge in [-0.1, -0.05) is 60.7 Å². The number of benzene rings is 2. The first kappa shape index (κ1) is 15.9. The second kappa shape index (κ2) is 7.51. The molecule has 0 aliphatic heterocycles. The molecular formula is C20H19N3O. The second-order valence-electron chi connectivity index (χ2n) is 5.47. The van der Waals surface area contributed by atoms with Crippen LogP contribution < -0.4 is 0 Å². The van der Waals surface area contributed by atoms with Gasteiger partial charge in [0, 0.05) is 18.7 Å². The summed E-state index contributed by atoms with van der Waals surface area (Å²) in [7, 11) is 0. The van der Waals surface area contributed by atoms with E-state index in [1.807, 2.05) is 73.7 Å². The third-order valence-electron chi connectivity index (χ3n) is 3.84. The van der Waals surface area contributed by atoms with Crippen molar-refractivity contribution < 1.29 is 4.79 Å². The smallest absolute Gasteiger partial charge is 0.274 e. The van der Waals surface area contributed by atoms with Gasteiger partial charge < -0.3 is 4.90 Å². The first-order chi connectivity index (χ1) is 11.8. The Morgan fingerprint density at radius 1 is 0.875 bits per heavy atom. The summed E-state index contributed by atoms with van der Waals surface area (Å²) in [5, 5.41) is 8.32. The van der Waals surface area contributed by atoms with Gasteiger partial charge in [-0.05, 0) is 24.6 Å². The van der Waals surface area contributed by atoms with Crippen LogP contribution in [0.5, 0.6) is 0 Å². The van der Waals surface area contributed by atoms with Crippen LogP contribution in [-0.2, 0) is 6.54 Å². The molecule has 0 saturated carbocycles. The van der Waals surface area contributed by atoms with E-state index in [-0.39, 0.29) is 5.91 Å². The summed E-state index contributed by atoms with van der Waals surface area (Å²) in [6.45, 7) is 3.15. The van der Waals surface area contributed by atoms with Crippen LogP contribution in [0.4, 0.5) is 0 Å². The molecule has 0 saturated heterocycles. The molecule has 0 bridgehead atoms. The molecule has 24 heavy (non-hydrogen) atoms. The van der Waals surface area contributed by atoms with Crippen molar-refractivity contribution in [2.75, 3.05) is 6.54 Å². The largest absolute Gasteiger partial charge is 0.333 e. The fourth-order valence-corrected chi connectivity index (χ4v) is 2.50. The monoisotopic (exact) mass is 317 g/mol. The first-order valence-electron chi connectivity index (χ1n) is 8.00. The lowest BCUT2D eigenvalue weighted by atomic mass is 10.1. The van der Waals surface area contributed by atoms with Gasteiger partial charge in [0.2, 0.25) is 0 Å². The maximum atomic E-state index is 12.7. The molecule has 0 spiro atoms. The molecule has 4 heteroatoms. The molecule has 1 aromatic heterocycles. The van der Waals surface area contributed by atoms with E-state index in [1.165, 1.54) is 0 Å². The summed E-state index contributed by atoms with van der Waals surface area (Å²) in [6.07, 6.45) is 0. The fraction of sp³-hybridized carbons (Fsp3) is 0.150. The number of hydrogen-bond donors (Lipinski definition) is 0. The lowest BCUT2D eigenvalue weighted by Gasteiger charge is -2.20. The Morgan fingerprint density at radius 3 is 2.12 bits per heavy atom. The van der Waals surface area contributed by atoms with Gasteiger partial charge in [-0.25, -0.2) is 0 Å². The van der Waals surface area contributed by atoms with E-state index in [4.69, 9.17) is 0 Å². The van der Waals surface area contributed by atoms with E-state index >= 15 is 0 Å². The second-order valence-corrected chi connectivity index (χ2v) is 5.47. The number of carbonyl (C=O) groups excluding carboxylic acids is 1. The van der Waals surface area contributed by atoms with Crippen LogP contribution >= 0.6 is 0 Å². The molecule has 1 amide bonds. The van der Waals surface area contributed by atoms with Crippen LogP contribution in [-0.4, -0.2) is 27.5 Å². The Morgan fingerprint density at radius 2 is 1.54 bits per heavy atom. The summed E-state index contributed by atoms with van der Waals surface area (Å²) in [6, 6.07) is 23.3. The summed E-state index contributed by atoms with van der Waals surface area (Å²) in [4.78, 5) is 14.4. The number of amides is 1. The average molecular weight is 317 g/mol.